The van der Waals surface area contributed by atoms with E-state index in [2.05, 4.69) is 0 Å². The molecule has 7 nitrogen and oxygen atoms in total. The van der Waals surface area contributed by atoms with Crippen LogP contribution in [0, 0.1) is 5.82 Å². The smallest absolute Gasteiger partial charge is 0.416 e. The topological polar surface area (TPSA) is 76.2 Å². The van der Waals surface area contributed by atoms with Crippen molar-refractivity contribution in [3.63, 3.8) is 0 Å². The molecule has 2 aliphatic heterocycles. The monoisotopic (exact) mass is 418 g/mol. The van der Waals surface area contributed by atoms with Gasteiger partial charge in [-0.15, -0.1) is 0 Å². The number of hydrogen-bond donors (Lipinski definition) is 0. The van der Waals surface area contributed by atoms with Crippen molar-refractivity contribution in [3.05, 3.63) is 24.0 Å². The molecular weight excluding hydrogens is 395 g/mol. The average molecular weight is 419 g/mol. The van der Waals surface area contributed by atoms with E-state index in [1.54, 1.807) is 12.1 Å². The molecule has 0 spiro atoms. The Balaban J connectivity index is 1.72. The number of carbonyl (C=O) groups excluding carboxylic acids is 1. The Morgan fingerprint density at radius 1 is 1.30 bits per heavy atom. The number of carbonyl (C=O) groups is 1. The zero-order chi connectivity index (χ0) is 19.4. The van der Waals surface area contributed by atoms with Gasteiger partial charge in [0.05, 0.1) is 23.7 Å². The fourth-order valence-electron chi connectivity index (χ4n) is 3.02. The predicted molar refractivity (Wildman–Crippen MR) is 103 cm³/mol. The maximum atomic E-state index is 14.7. The van der Waals surface area contributed by atoms with Gasteiger partial charge in [0.1, 0.15) is 5.82 Å². The Morgan fingerprint density at radius 3 is 2.63 bits per heavy atom. The molecule has 2 fully saturated rings. The van der Waals surface area contributed by atoms with E-state index < -0.39 is 28.3 Å². The number of ether oxygens (including phenoxy) is 1. The lowest BCUT2D eigenvalue weighted by atomic mass is 10.2. The maximum absolute atomic E-state index is 14.7. The van der Waals surface area contributed by atoms with Gasteiger partial charge in [-0.25, -0.2) is 13.4 Å². The number of amides is 1. The Bertz CT molecular complexity index is 782. The second-order valence-corrected chi connectivity index (χ2v) is 9.42. The Labute approximate surface area is 162 Å². The van der Waals surface area contributed by atoms with Gasteiger partial charge in [-0.3, -0.25) is 4.90 Å². The predicted octanol–water partition coefficient (Wildman–Crippen LogP) is 2.81. The van der Waals surface area contributed by atoms with Crippen LogP contribution in [0.2, 0.25) is 0 Å². The van der Waals surface area contributed by atoms with Crippen LogP contribution in [0.3, 0.4) is 0 Å². The van der Waals surface area contributed by atoms with Gasteiger partial charge < -0.3 is 9.64 Å². The fourth-order valence-corrected chi connectivity index (χ4v) is 4.45. The first-order valence-corrected chi connectivity index (χ1v) is 11.6. The summed E-state index contributed by atoms with van der Waals surface area (Å²) in [6.45, 7) is 2.90. The lowest BCUT2D eigenvalue weighted by Crippen LogP contribution is -2.29. The first-order chi connectivity index (χ1) is 12.9. The number of benzene rings is 1. The molecule has 1 atom stereocenters. The highest BCUT2D eigenvalue weighted by atomic mass is 32.2. The molecular formula is C17H23FN2O5S2. The quantitative estimate of drug-likeness (QED) is 0.681. The molecule has 1 aromatic rings. The molecule has 3 rings (SSSR count). The Hall–Kier alpha value is -1.52. The van der Waals surface area contributed by atoms with E-state index in [1.807, 2.05) is 16.7 Å². The zero-order valence-corrected chi connectivity index (χ0v) is 16.7. The largest absolute Gasteiger partial charge is 0.416 e. The van der Waals surface area contributed by atoms with Crippen LogP contribution in [0.25, 0.3) is 0 Å². The number of anilines is 2. The molecule has 10 heteroatoms. The lowest BCUT2D eigenvalue weighted by Gasteiger charge is -2.27. The molecule has 2 heterocycles. The van der Waals surface area contributed by atoms with Crippen LogP contribution in [0.15, 0.2) is 18.2 Å². The van der Waals surface area contributed by atoms with Gasteiger partial charge in [0, 0.05) is 13.1 Å². The highest BCUT2D eigenvalue weighted by molar-refractivity contribution is 7.99. The zero-order valence-electron chi connectivity index (χ0n) is 15.1. The van der Waals surface area contributed by atoms with E-state index >= 15 is 0 Å². The number of hydrogen-bond acceptors (Lipinski definition) is 7. The molecule has 27 heavy (non-hydrogen) atoms. The molecule has 0 unspecified atom stereocenters. The summed E-state index contributed by atoms with van der Waals surface area (Å²) in [7, 11) is -3.75. The van der Waals surface area contributed by atoms with Crippen molar-refractivity contribution in [1.82, 2.24) is 0 Å². The first kappa shape index (κ1) is 20.2. The molecule has 0 aliphatic carbocycles. The third-order valence-electron chi connectivity index (χ3n) is 4.41. The highest BCUT2D eigenvalue weighted by Crippen LogP contribution is 2.29. The molecule has 1 aromatic carbocycles. The van der Waals surface area contributed by atoms with Crippen molar-refractivity contribution in [1.29, 1.82) is 0 Å². The Morgan fingerprint density at radius 2 is 2.00 bits per heavy atom. The van der Waals surface area contributed by atoms with Crippen LogP contribution in [-0.4, -0.2) is 57.7 Å². The number of nitrogens with zero attached hydrogens (tertiary/aromatic N) is 2. The fraction of sp³-hybridized carbons (Fsp3) is 0.588. The van der Waals surface area contributed by atoms with Gasteiger partial charge >= 0.3 is 6.09 Å². The highest BCUT2D eigenvalue weighted by Gasteiger charge is 2.36. The van der Waals surface area contributed by atoms with Crippen molar-refractivity contribution >= 4 is 39.3 Å². The summed E-state index contributed by atoms with van der Waals surface area (Å²) in [4.78, 5) is 15.2. The van der Waals surface area contributed by atoms with E-state index in [-0.39, 0.29) is 12.3 Å². The summed E-state index contributed by atoms with van der Waals surface area (Å²) < 4.78 is 47.5. The van der Waals surface area contributed by atoms with Crippen LogP contribution in [0.5, 0.6) is 0 Å². The molecule has 2 saturated heterocycles. The number of cyclic esters (lactones) is 1. The Kier molecular flexibility index (Phi) is 6.48. The molecule has 2 aliphatic rings. The van der Waals surface area contributed by atoms with Crippen molar-refractivity contribution in [2.24, 2.45) is 0 Å². The molecule has 1 amide bonds. The summed E-state index contributed by atoms with van der Waals surface area (Å²) in [6, 6.07) is 4.58. The molecule has 0 N–H and O–H groups in total. The van der Waals surface area contributed by atoms with Gasteiger partial charge in [-0.2, -0.15) is 20.2 Å². The minimum absolute atomic E-state index is 0.113. The van der Waals surface area contributed by atoms with E-state index in [0.717, 1.165) is 37.4 Å². The second kappa shape index (κ2) is 8.66. The van der Waals surface area contributed by atoms with E-state index in [1.165, 1.54) is 17.9 Å². The minimum Gasteiger partial charge on any atom is -0.416 e. The number of thioether (sulfide) groups is 1. The van der Waals surface area contributed by atoms with E-state index in [0.29, 0.717) is 11.4 Å². The van der Waals surface area contributed by atoms with Crippen molar-refractivity contribution in [2.75, 3.05) is 46.7 Å². The maximum Gasteiger partial charge on any atom is 0.416 e. The lowest BCUT2D eigenvalue weighted by molar-refractivity contribution is 0.0109. The van der Waals surface area contributed by atoms with Gasteiger partial charge in [0.25, 0.3) is 10.1 Å². The summed E-state index contributed by atoms with van der Waals surface area (Å²) in [6.07, 6.45) is 0.00330. The second-order valence-electron chi connectivity index (χ2n) is 6.31. The van der Waals surface area contributed by atoms with Crippen LogP contribution >= 0.6 is 11.8 Å². The summed E-state index contributed by atoms with van der Waals surface area (Å²) in [5.74, 6) is 1.49. The van der Waals surface area contributed by atoms with E-state index in [4.69, 9.17) is 8.92 Å². The summed E-state index contributed by atoms with van der Waals surface area (Å²) in [5.41, 5.74) is 0.823. The average Bonchev–Trinajstić information content (AvgIpc) is 2.95. The number of rotatable bonds is 5. The number of halogens is 1. The molecule has 0 saturated carbocycles. The van der Waals surface area contributed by atoms with Gasteiger partial charge in [0.15, 0.2) is 0 Å². The molecule has 0 bridgehead atoms. The third-order valence-corrected chi connectivity index (χ3v) is 6.78. The SMILES string of the molecule is CCS(=O)(=O)O[C@@H]1CN(c2ccc(N3CCCSCCC3)c(F)c2)C(=O)O1. The van der Waals surface area contributed by atoms with Gasteiger partial charge in [0.2, 0.25) is 6.29 Å². The first-order valence-electron chi connectivity index (χ1n) is 8.91. The van der Waals surface area contributed by atoms with Gasteiger partial charge in [-0.1, -0.05) is 0 Å². The van der Waals surface area contributed by atoms with Crippen LogP contribution in [0.1, 0.15) is 19.8 Å². The normalized spacial score (nSPS) is 21.7. The standard InChI is InChI=1S/C17H23FN2O5S2/c1-2-27(22,23)25-16-12-20(17(21)24-16)13-5-6-15(14(18)11-13)19-7-3-9-26-10-4-8-19/h5-6,11,16H,2-4,7-10,12H2,1H3/t16-/m1/s1. The van der Waals surface area contributed by atoms with Crippen molar-refractivity contribution < 1.29 is 26.5 Å². The van der Waals surface area contributed by atoms with Crippen LogP contribution in [0.4, 0.5) is 20.6 Å². The molecule has 0 radical (unpaired) electrons. The van der Waals surface area contributed by atoms with Crippen molar-refractivity contribution in [3.8, 4) is 0 Å². The van der Waals surface area contributed by atoms with Crippen LogP contribution < -0.4 is 9.80 Å². The van der Waals surface area contributed by atoms with Gasteiger partial charge in [-0.05, 0) is 49.5 Å². The minimum atomic E-state index is -3.75. The van der Waals surface area contributed by atoms with E-state index in [9.17, 15) is 17.6 Å². The molecule has 150 valence electrons. The van der Waals surface area contributed by atoms with Crippen LogP contribution in [-0.2, 0) is 19.0 Å². The van der Waals surface area contributed by atoms with Crippen molar-refractivity contribution in [2.45, 2.75) is 26.1 Å². The third kappa shape index (κ3) is 5.05. The summed E-state index contributed by atoms with van der Waals surface area (Å²) >= 11 is 1.92. The summed E-state index contributed by atoms with van der Waals surface area (Å²) in [5, 5.41) is 0. The molecule has 0 aromatic heterocycles.